The van der Waals surface area contributed by atoms with Crippen molar-refractivity contribution in [3.8, 4) is 5.75 Å². The van der Waals surface area contributed by atoms with Gasteiger partial charge < -0.3 is 4.74 Å². The van der Waals surface area contributed by atoms with Crippen molar-refractivity contribution in [3.05, 3.63) is 100 Å². The maximum Gasteiger partial charge on any atom is 0.278 e. The predicted octanol–water partition coefficient (Wildman–Crippen LogP) is 2.94. The van der Waals surface area contributed by atoms with E-state index in [2.05, 4.69) is 10.5 Å². The SMILES string of the molecule is COc1ccc(S(=O)(=O)N(CC(=O)N/N=C\c2ccccc2[N+](=O)[O-])Cc2ccccc2)cc1. The Kier molecular flexibility index (Phi) is 8.06. The number of methoxy groups -OCH3 is 1. The highest BCUT2D eigenvalue weighted by atomic mass is 32.2. The van der Waals surface area contributed by atoms with Crippen molar-refractivity contribution in [2.45, 2.75) is 11.4 Å². The number of carbonyl (C=O) groups is 1. The Morgan fingerprint density at radius 3 is 2.35 bits per heavy atom. The average Bonchev–Trinajstić information content (AvgIpc) is 2.84. The molecule has 0 aromatic heterocycles. The summed E-state index contributed by atoms with van der Waals surface area (Å²) >= 11 is 0. The standard InChI is InChI=1S/C23H22N4O6S/c1-33-20-11-13-21(14-12-20)34(31,32)26(16-18-7-3-2-4-8-18)17-23(28)25-24-15-19-9-5-6-10-22(19)27(29)30/h2-15H,16-17H2,1H3,(H,25,28)/b24-15-. The molecule has 0 saturated carbocycles. The Bertz CT molecular complexity index is 1280. The minimum Gasteiger partial charge on any atom is -0.497 e. The fourth-order valence-electron chi connectivity index (χ4n) is 3.04. The third-order valence-electron chi connectivity index (χ3n) is 4.75. The van der Waals surface area contributed by atoms with E-state index in [0.29, 0.717) is 11.3 Å². The first kappa shape index (κ1) is 24.6. The van der Waals surface area contributed by atoms with Crippen LogP contribution in [0.1, 0.15) is 11.1 Å². The number of hydrogen-bond donors (Lipinski definition) is 1. The Morgan fingerprint density at radius 1 is 1.06 bits per heavy atom. The van der Waals surface area contributed by atoms with Crippen molar-refractivity contribution in [1.82, 2.24) is 9.73 Å². The highest BCUT2D eigenvalue weighted by molar-refractivity contribution is 7.89. The number of rotatable bonds is 10. The smallest absolute Gasteiger partial charge is 0.278 e. The molecular weight excluding hydrogens is 460 g/mol. The van der Waals surface area contributed by atoms with E-state index in [4.69, 9.17) is 4.74 Å². The van der Waals surface area contributed by atoms with Crippen molar-refractivity contribution in [2.24, 2.45) is 5.10 Å². The number of hydrogen-bond acceptors (Lipinski definition) is 7. The third kappa shape index (κ3) is 6.24. The van der Waals surface area contributed by atoms with E-state index in [1.165, 1.54) is 49.6 Å². The second-order valence-corrected chi connectivity index (χ2v) is 8.98. The fourth-order valence-corrected chi connectivity index (χ4v) is 4.43. The fraction of sp³-hybridized carbons (Fsp3) is 0.130. The minimum absolute atomic E-state index is 0.000410. The summed E-state index contributed by atoms with van der Waals surface area (Å²) in [5.74, 6) is -0.210. The minimum atomic E-state index is -4.04. The molecule has 0 atom stereocenters. The summed E-state index contributed by atoms with van der Waals surface area (Å²) in [5, 5.41) is 14.9. The maximum absolute atomic E-state index is 13.3. The van der Waals surface area contributed by atoms with Crippen molar-refractivity contribution in [3.63, 3.8) is 0 Å². The van der Waals surface area contributed by atoms with E-state index in [1.807, 2.05) is 0 Å². The molecule has 1 amide bonds. The summed E-state index contributed by atoms with van der Waals surface area (Å²) in [5.41, 5.74) is 2.95. The molecular formula is C23H22N4O6S. The van der Waals surface area contributed by atoms with Gasteiger partial charge in [0, 0.05) is 12.6 Å². The highest BCUT2D eigenvalue weighted by Gasteiger charge is 2.27. The zero-order valence-electron chi connectivity index (χ0n) is 18.2. The largest absolute Gasteiger partial charge is 0.497 e. The van der Waals surface area contributed by atoms with Gasteiger partial charge in [-0.3, -0.25) is 14.9 Å². The number of nitrogens with zero attached hydrogens (tertiary/aromatic N) is 3. The predicted molar refractivity (Wildman–Crippen MR) is 126 cm³/mol. The van der Waals surface area contributed by atoms with Gasteiger partial charge in [-0.2, -0.15) is 9.41 Å². The Hall–Kier alpha value is -4.09. The van der Waals surface area contributed by atoms with Gasteiger partial charge in [0.25, 0.3) is 11.6 Å². The number of para-hydroxylation sites is 1. The molecule has 176 valence electrons. The monoisotopic (exact) mass is 482 g/mol. The lowest BCUT2D eigenvalue weighted by molar-refractivity contribution is -0.385. The van der Waals surface area contributed by atoms with Crippen LogP contribution in [0.2, 0.25) is 0 Å². The third-order valence-corrected chi connectivity index (χ3v) is 6.55. The lowest BCUT2D eigenvalue weighted by Crippen LogP contribution is -2.39. The summed E-state index contributed by atoms with van der Waals surface area (Å²) in [7, 11) is -2.57. The molecule has 0 unspecified atom stereocenters. The van der Waals surface area contributed by atoms with E-state index < -0.39 is 27.4 Å². The number of nitro benzene ring substituents is 1. The number of nitro groups is 1. The van der Waals surface area contributed by atoms with Crippen LogP contribution in [-0.4, -0.2) is 43.4 Å². The number of ether oxygens (including phenoxy) is 1. The molecule has 0 bridgehead atoms. The van der Waals surface area contributed by atoms with Crippen LogP contribution < -0.4 is 10.2 Å². The first-order chi connectivity index (χ1) is 16.3. The van der Waals surface area contributed by atoms with E-state index >= 15 is 0 Å². The number of amides is 1. The Labute approximate surface area is 196 Å². The molecule has 0 heterocycles. The Balaban J connectivity index is 1.79. The molecule has 10 nitrogen and oxygen atoms in total. The molecule has 34 heavy (non-hydrogen) atoms. The lowest BCUT2D eigenvalue weighted by Gasteiger charge is -2.21. The maximum atomic E-state index is 13.3. The van der Waals surface area contributed by atoms with Crippen LogP contribution in [0.15, 0.2) is 88.9 Å². The summed E-state index contributed by atoms with van der Waals surface area (Å²) in [6.07, 6.45) is 1.13. The van der Waals surface area contributed by atoms with E-state index in [0.717, 1.165) is 10.5 Å². The molecule has 3 aromatic rings. The summed E-state index contributed by atoms with van der Waals surface area (Å²) in [4.78, 5) is 23.1. The first-order valence-electron chi connectivity index (χ1n) is 10.0. The molecule has 0 fully saturated rings. The van der Waals surface area contributed by atoms with Crippen molar-refractivity contribution < 1.29 is 22.9 Å². The highest BCUT2D eigenvalue weighted by Crippen LogP contribution is 2.21. The van der Waals surface area contributed by atoms with Gasteiger partial charge in [-0.05, 0) is 35.9 Å². The first-order valence-corrected chi connectivity index (χ1v) is 11.5. The molecule has 0 aliphatic rings. The average molecular weight is 483 g/mol. The second-order valence-electron chi connectivity index (χ2n) is 7.04. The molecule has 0 aliphatic heterocycles. The number of nitrogens with one attached hydrogen (secondary N) is 1. The second kappa shape index (κ2) is 11.2. The van der Waals surface area contributed by atoms with Gasteiger partial charge in [0.05, 0.1) is 35.3 Å². The van der Waals surface area contributed by atoms with E-state index in [-0.39, 0.29) is 22.7 Å². The normalized spacial score (nSPS) is 11.5. The Morgan fingerprint density at radius 2 is 1.71 bits per heavy atom. The number of hydrazone groups is 1. The van der Waals surface area contributed by atoms with Gasteiger partial charge >= 0.3 is 0 Å². The number of sulfonamides is 1. The van der Waals surface area contributed by atoms with Crippen LogP contribution in [0.25, 0.3) is 0 Å². The van der Waals surface area contributed by atoms with Crippen LogP contribution in [0.4, 0.5) is 5.69 Å². The molecule has 1 N–H and O–H groups in total. The molecule has 3 aromatic carbocycles. The van der Waals surface area contributed by atoms with Gasteiger partial charge in [-0.15, -0.1) is 0 Å². The zero-order chi connectivity index (χ0) is 24.6. The van der Waals surface area contributed by atoms with E-state index in [9.17, 15) is 23.3 Å². The molecule has 0 aliphatic carbocycles. The molecule has 11 heteroatoms. The molecule has 0 saturated heterocycles. The van der Waals surface area contributed by atoms with Gasteiger partial charge in [0.1, 0.15) is 5.75 Å². The summed E-state index contributed by atoms with van der Waals surface area (Å²) in [6, 6.07) is 20.6. The van der Waals surface area contributed by atoms with Crippen molar-refractivity contribution in [2.75, 3.05) is 13.7 Å². The number of benzene rings is 3. The van der Waals surface area contributed by atoms with Gasteiger partial charge in [0.2, 0.25) is 10.0 Å². The quantitative estimate of drug-likeness (QED) is 0.269. The van der Waals surface area contributed by atoms with Gasteiger partial charge in [-0.1, -0.05) is 42.5 Å². The number of carbonyl (C=O) groups excluding carboxylic acids is 1. The van der Waals surface area contributed by atoms with Crippen LogP contribution in [0.5, 0.6) is 5.75 Å². The van der Waals surface area contributed by atoms with Crippen LogP contribution in [0.3, 0.4) is 0 Å². The van der Waals surface area contributed by atoms with Crippen molar-refractivity contribution in [1.29, 1.82) is 0 Å². The van der Waals surface area contributed by atoms with Crippen LogP contribution >= 0.6 is 0 Å². The topological polar surface area (TPSA) is 131 Å². The lowest BCUT2D eigenvalue weighted by atomic mass is 10.2. The van der Waals surface area contributed by atoms with E-state index in [1.54, 1.807) is 36.4 Å². The van der Waals surface area contributed by atoms with Gasteiger partial charge in [0.15, 0.2) is 0 Å². The molecule has 0 radical (unpaired) electrons. The molecule has 3 rings (SSSR count). The zero-order valence-corrected chi connectivity index (χ0v) is 19.0. The summed E-state index contributed by atoms with van der Waals surface area (Å²) in [6.45, 7) is -0.562. The van der Waals surface area contributed by atoms with Crippen LogP contribution in [-0.2, 0) is 21.4 Å². The van der Waals surface area contributed by atoms with Crippen LogP contribution in [0, 0.1) is 10.1 Å². The summed E-state index contributed by atoms with van der Waals surface area (Å²) < 4.78 is 32.7. The van der Waals surface area contributed by atoms with Crippen molar-refractivity contribution >= 4 is 27.8 Å². The van der Waals surface area contributed by atoms with Gasteiger partial charge in [-0.25, -0.2) is 13.8 Å². The molecule has 0 spiro atoms.